The number of rotatable bonds is 6. The molecule has 6 nitrogen and oxygen atoms in total. The van der Waals surface area contributed by atoms with E-state index in [9.17, 15) is 9.59 Å². The van der Waals surface area contributed by atoms with Crippen LogP contribution in [0.25, 0.3) is 10.8 Å². The zero-order valence-electron chi connectivity index (χ0n) is 17.1. The summed E-state index contributed by atoms with van der Waals surface area (Å²) in [6.07, 6.45) is 1.84. The monoisotopic (exact) mass is 402 g/mol. The van der Waals surface area contributed by atoms with Crippen LogP contribution >= 0.6 is 0 Å². The van der Waals surface area contributed by atoms with Crippen LogP contribution in [0.15, 0.2) is 60.8 Å². The molecular weight excluding hydrogens is 376 g/mol. The highest BCUT2D eigenvalue weighted by Crippen LogP contribution is 2.22. The molecule has 2 N–H and O–H groups in total. The first-order valence-corrected chi connectivity index (χ1v) is 10.3. The Bertz CT molecular complexity index is 1060. The van der Waals surface area contributed by atoms with Gasteiger partial charge in [-0.3, -0.25) is 19.5 Å². The van der Waals surface area contributed by atoms with Crippen molar-refractivity contribution in [1.29, 1.82) is 0 Å². The highest BCUT2D eigenvalue weighted by Gasteiger charge is 2.31. The lowest BCUT2D eigenvalue weighted by atomic mass is 10.0. The largest absolute Gasteiger partial charge is 0.353 e. The van der Waals surface area contributed by atoms with Gasteiger partial charge in [0.15, 0.2) is 0 Å². The van der Waals surface area contributed by atoms with Gasteiger partial charge in [0.1, 0.15) is 0 Å². The van der Waals surface area contributed by atoms with E-state index in [0.717, 1.165) is 16.8 Å². The number of hydrogen-bond donors (Lipinski definition) is 2. The second-order valence-electron chi connectivity index (χ2n) is 7.66. The van der Waals surface area contributed by atoms with Crippen molar-refractivity contribution in [2.24, 2.45) is 0 Å². The van der Waals surface area contributed by atoms with Gasteiger partial charge in [-0.15, -0.1) is 0 Å². The Labute approximate surface area is 176 Å². The highest BCUT2D eigenvalue weighted by atomic mass is 16.2. The molecule has 0 bridgehead atoms. The van der Waals surface area contributed by atoms with E-state index in [1.165, 1.54) is 10.8 Å². The zero-order chi connectivity index (χ0) is 20.9. The lowest BCUT2D eigenvalue weighted by molar-refractivity contribution is -0.134. The first-order valence-electron chi connectivity index (χ1n) is 10.3. The molecule has 6 heteroatoms. The summed E-state index contributed by atoms with van der Waals surface area (Å²) in [7, 11) is 0. The Morgan fingerprint density at radius 2 is 2.00 bits per heavy atom. The Hall–Kier alpha value is -3.25. The van der Waals surface area contributed by atoms with Crippen molar-refractivity contribution in [1.82, 2.24) is 20.5 Å². The Morgan fingerprint density at radius 3 is 2.87 bits per heavy atom. The maximum atomic E-state index is 12.6. The van der Waals surface area contributed by atoms with Gasteiger partial charge in [-0.2, -0.15) is 0 Å². The summed E-state index contributed by atoms with van der Waals surface area (Å²) in [5, 5.41) is 8.17. The van der Waals surface area contributed by atoms with Crippen molar-refractivity contribution in [2.45, 2.75) is 32.5 Å². The van der Waals surface area contributed by atoms with Crippen LogP contribution in [0.4, 0.5) is 0 Å². The van der Waals surface area contributed by atoms with E-state index in [2.05, 4.69) is 44.8 Å². The fourth-order valence-corrected chi connectivity index (χ4v) is 3.96. The molecular formula is C24H26N4O2. The van der Waals surface area contributed by atoms with Crippen molar-refractivity contribution in [3.8, 4) is 0 Å². The number of benzene rings is 2. The normalized spacial score (nSPS) is 17.0. The van der Waals surface area contributed by atoms with Crippen LogP contribution in [0, 0.1) is 6.92 Å². The average Bonchev–Trinajstić information content (AvgIpc) is 2.76. The van der Waals surface area contributed by atoms with E-state index in [-0.39, 0.29) is 18.2 Å². The van der Waals surface area contributed by atoms with E-state index in [0.29, 0.717) is 26.2 Å². The fourth-order valence-electron chi connectivity index (χ4n) is 3.96. The van der Waals surface area contributed by atoms with E-state index < -0.39 is 6.04 Å². The van der Waals surface area contributed by atoms with Crippen LogP contribution in [-0.2, 0) is 22.7 Å². The number of piperazine rings is 1. The van der Waals surface area contributed by atoms with Crippen molar-refractivity contribution in [3.05, 3.63) is 77.6 Å². The SMILES string of the molecule is Cc1cccnc1CNC(=O)CC1C(=O)NCCN1Cc1cccc2ccccc12. The van der Waals surface area contributed by atoms with Crippen molar-refractivity contribution >= 4 is 22.6 Å². The van der Waals surface area contributed by atoms with Gasteiger partial charge in [0.25, 0.3) is 0 Å². The van der Waals surface area contributed by atoms with Crippen LogP contribution in [-0.4, -0.2) is 40.8 Å². The third-order valence-electron chi connectivity index (χ3n) is 5.64. The standard InChI is InChI=1S/C24H26N4O2/c1-17-6-5-11-25-21(17)15-27-23(29)14-22-24(30)26-12-13-28(22)16-19-9-4-8-18-7-2-3-10-20(18)19/h2-11,22H,12-16H2,1H3,(H,26,30)(H,27,29). The maximum absolute atomic E-state index is 12.6. The second kappa shape index (κ2) is 9.05. The first kappa shape index (κ1) is 20.0. The quantitative estimate of drug-likeness (QED) is 0.665. The minimum absolute atomic E-state index is 0.0920. The van der Waals surface area contributed by atoms with Crippen molar-refractivity contribution in [3.63, 3.8) is 0 Å². The van der Waals surface area contributed by atoms with Gasteiger partial charge in [-0.1, -0.05) is 48.5 Å². The molecule has 1 aliphatic heterocycles. The molecule has 1 saturated heterocycles. The summed E-state index contributed by atoms with van der Waals surface area (Å²) in [5.41, 5.74) is 3.04. The van der Waals surface area contributed by atoms with Crippen molar-refractivity contribution < 1.29 is 9.59 Å². The summed E-state index contributed by atoms with van der Waals surface area (Å²) in [5.74, 6) is -0.240. The van der Waals surface area contributed by atoms with Crippen molar-refractivity contribution in [2.75, 3.05) is 13.1 Å². The van der Waals surface area contributed by atoms with E-state index >= 15 is 0 Å². The van der Waals surface area contributed by atoms with E-state index in [1.54, 1.807) is 6.20 Å². The number of pyridine rings is 1. The Morgan fingerprint density at radius 1 is 1.17 bits per heavy atom. The smallest absolute Gasteiger partial charge is 0.237 e. The molecule has 3 aromatic rings. The number of nitrogens with one attached hydrogen (secondary N) is 2. The average molecular weight is 402 g/mol. The van der Waals surface area contributed by atoms with Crippen LogP contribution in [0.3, 0.4) is 0 Å². The molecule has 1 unspecified atom stereocenters. The summed E-state index contributed by atoms with van der Waals surface area (Å²) in [6.45, 7) is 4.27. The van der Waals surface area contributed by atoms with Gasteiger partial charge in [0, 0.05) is 25.8 Å². The third-order valence-corrected chi connectivity index (χ3v) is 5.64. The number of aromatic nitrogens is 1. The maximum Gasteiger partial charge on any atom is 0.237 e. The third kappa shape index (κ3) is 4.49. The number of fused-ring (bicyclic) bond motifs is 1. The van der Waals surface area contributed by atoms with Gasteiger partial charge < -0.3 is 10.6 Å². The number of carbonyl (C=O) groups is 2. The molecule has 0 aliphatic carbocycles. The minimum Gasteiger partial charge on any atom is -0.353 e. The zero-order valence-corrected chi connectivity index (χ0v) is 17.1. The van der Waals surface area contributed by atoms with Gasteiger partial charge in [-0.25, -0.2) is 0 Å². The van der Waals surface area contributed by atoms with Crippen LogP contribution in [0.5, 0.6) is 0 Å². The number of aryl methyl sites for hydroxylation is 1. The molecule has 2 aromatic carbocycles. The molecule has 0 radical (unpaired) electrons. The van der Waals surface area contributed by atoms with Gasteiger partial charge in [0.2, 0.25) is 11.8 Å². The summed E-state index contributed by atoms with van der Waals surface area (Å²) >= 11 is 0. The molecule has 1 aliphatic rings. The van der Waals surface area contributed by atoms with Gasteiger partial charge in [0.05, 0.1) is 24.7 Å². The number of nitrogens with zero attached hydrogens (tertiary/aromatic N) is 2. The Balaban J connectivity index is 1.45. The molecule has 30 heavy (non-hydrogen) atoms. The topological polar surface area (TPSA) is 74.3 Å². The lowest BCUT2D eigenvalue weighted by Crippen LogP contribution is -2.56. The van der Waals surface area contributed by atoms with E-state index in [1.807, 2.05) is 37.3 Å². The predicted octanol–water partition coefficient (Wildman–Crippen LogP) is 2.55. The molecule has 0 saturated carbocycles. The molecule has 154 valence electrons. The van der Waals surface area contributed by atoms with Crippen LogP contribution < -0.4 is 10.6 Å². The second-order valence-corrected chi connectivity index (χ2v) is 7.66. The van der Waals surface area contributed by atoms with E-state index in [4.69, 9.17) is 0 Å². The molecule has 1 fully saturated rings. The fraction of sp³-hybridized carbons (Fsp3) is 0.292. The van der Waals surface area contributed by atoms with Crippen LogP contribution in [0.2, 0.25) is 0 Å². The lowest BCUT2D eigenvalue weighted by Gasteiger charge is -2.35. The van der Waals surface area contributed by atoms with Gasteiger partial charge >= 0.3 is 0 Å². The van der Waals surface area contributed by atoms with Gasteiger partial charge in [-0.05, 0) is 34.9 Å². The predicted molar refractivity (Wildman–Crippen MR) is 117 cm³/mol. The summed E-state index contributed by atoms with van der Waals surface area (Å²) in [4.78, 5) is 31.6. The molecule has 4 rings (SSSR count). The number of amides is 2. The molecule has 2 amide bonds. The molecule has 1 aromatic heterocycles. The summed E-state index contributed by atoms with van der Waals surface area (Å²) < 4.78 is 0. The highest BCUT2D eigenvalue weighted by molar-refractivity contribution is 5.89. The summed E-state index contributed by atoms with van der Waals surface area (Å²) in [6, 6.07) is 17.8. The number of hydrogen-bond acceptors (Lipinski definition) is 4. The minimum atomic E-state index is -0.484. The van der Waals surface area contributed by atoms with Crippen LogP contribution in [0.1, 0.15) is 23.2 Å². The molecule has 2 heterocycles. The molecule has 0 spiro atoms. The Kier molecular flexibility index (Phi) is 6.05. The number of carbonyl (C=O) groups excluding carboxylic acids is 2. The first-order chi connectivity index (χ1) is 14.6. The molecule has 1 atom stereocenters.